The van der Waals surface area contributed by atoms with Crippen molar-refractivity contribution in [2.75, 3.05) is 19.6 Å². The predicted octanol–water partition coefficient (Wildman–Crippen LogP) is 2.48. The Morgan fingerprint density at radius 3 is 2.47 bits per heavy atom. The lowest BCUT2D eigenvalue weighted by atomic mass is 10.0. The molecule has 2 nitrogen and oxygen atoms in total. The Balaban J connectivity index is 2.21. The summed E-state index contributed by atoms with van der Waals surface area (Å²) in [6.45, 7) is 10.4. The fourth-order valence-electron chi connectivity index (χ4n) is 2.25. The van der Waals surface area contributed by atoms with Gasteiger partial charge in [-0.2, -0.15) is 0 Å². The normalized spacial score (nSPS) is 18.8. The number of nitrogens with two attached hydrogens (primary N) is 1. The van der Waals surface area contributed by atoms with Crippen LogP contribution in [0.5, 0.6) is 0 Å². The van der Waals surface area contributed by atoms with E-state index in [1.807, 2.05) is 0 Å². The quantitative estimate of drug-likeness (QED) is 0.670. The molecule has 2 heteroatoms. The van der Waals surface area contributed by atoms with Crippen molar-refractivity contribution >= 4 is 0 Å². The summed E-state index contributed by atoms with van der Waals surface area (Å²) in [5, 5.41) is 0. The Morgan fingerprint density at radius 2 is 2.00 bits per heavy atom. The molecule has 1 fully saturated rings. The Morgan fingerprint density at radius 1 is 1.33 bits per heavy atom. The van der Waals surface area contributed by atoms with Gasteiger partial charge in [0.25, 0.3) is 0 Å². The van der Waals surface area contributed by atoms with Crippen LogP contribution in [0.1, 0.15) is 46.5 Å². The number of hydrogen-bond acceptors (Lipinski definition) is 2. The molecule has 15 heavy (non-hydrogen) atoms. The van der Waals surface area contributed by atoms with Gasteiger partial charge in [-0.25, -0.2) is 0 Å². The highest BCUT2D eigenvalue weighted by Crippen LogP contribution is 2.29. The summed E-state index contributed by atoms with van der Waals surface area (Å²) in [5.74, 6) is 1.72. The molecule has 1 atom stereocenters. The first kappa shape index (κ1) is 13.0. The smallest absolute Gasteiger partial charge is 0.0170 e. The molecular formula is C13H28N2. The molecule has 0 aromatic carbocycles. The molecule has 90 valence electrons. The summed E-state index contributed by atoms with van der Waals surface area (Å²) < 4.78 is 0. The van der Waals surface area contributed by atoms with Gasteiger partial charge in [0.1, 0.15) is 0 Å². The van der Waals surface area contributed by atoms with Crippen LogP contribution in [-0.2, 0) is 0 Å². The first-order chi connectivity index (χ1) is 7.11. The second-order valence-electron chi connectivity index (χ2n) is 5.59. The van der Waals surface area contributed by atoms with Crippen molar-refractivity contribution in [1.29, 1.82) is 0 Å². The van der Waals surface area contributed by atoms with E-state index >= 15 is 0 Å². The number of hydrogen-bond donors (Lipinski definition) is 1. The van der Waals surface area contributed by atoms with Crippen LogP contribution in [0.15, 0.2) is 0 Å². The summed E-state index contributed by atoms with van der Waals surface area (Å²) in [6, 6.07) is 0.371. The minimum Gasteiger partial charge on any atom is -0.327 e. The van der Waals surface area contributed by atoms with Crippen molar-refractivity contribution in [2.24, 2.45) is 17.6 Å². The lowest BCUT2D eigenvalue weighted by Crippen LogP contribution is -2.39. The molecule has 1 aliphatic rings. The number of nitrogens with zero attached hydrogens (tertiary/aromatic N) is 1. The molecule has 1 unspecified atom stereocenters. The molecule has 0 saturated heterocycles. The number of rotatable bonds is 8. The van der Waals surface area contributed by atoms with E-state index in [0.717, 1.165) is 24.8 Å². The van der Waals surface area contributed by atoms with Crippen LogP contribution in [0, 0.1) is 11.8 Å². The van der Waals surface area contributed by atoms with E-state index in [1.165, 1.54) is 32.4 Å². The third-order valence-electron chi connectivity index (χ3n) is 3.02. The average Bonchev–Trinajstić information content (AvgIpc) is 2.86. The fraction of sp³-hybridized carbons (Fsp3) is 1.00. The van der Waals surface area contributed by atoms with E-state index in [2.05, 4.69) is 25.7 Å². The summed E-state index contributed by atoms with van der Waals surface area (Å²) in [6.07, 6.45) is 5.30. The van der Waals surface area contributed by atoms with Gasteiger partial charge in [0.05, 0.1) is 0 Å². The molecule has 0 aromatic rings. The first-order valence-electron chi connectivity index (χ1n) is 6.59. The van der Waals surface area contributed by atoms with Crippen LogP contribution in [0.25, 0.3) is 0 Å². The molecule has 0 amide bonds. The maximum Gasteiger partial charge on any atom is 0.0170 e. The van der Waals surface area contributed by atoms with Gasteiger partial charge in [0.2, 0.25) is 0 Å². The van der Waals surface area contributed by atoms with E-state index in [4.69, 9.17) is 5.73 Å². The Kier molecular flexibility index (Phi) is 5.62. The molecular weight excluding hydrogens is 184 g/mol. The molecule has 1 saturated carbocycles. The van der Waals surface area contributed by atoms with E-state index in [9.17, 15) is 0 Å². The minimum absolute atomic E-state index is 0.371. The standard InChI is InChI=1S/C13H28N2/c1-4-7-15(9-12-5-6-12)10-13(14)8-11(2)3/h11-13H,4-10,14H2,1-3H3. The maximum absolute atomic E-state index is 6.16. The van der Waals surface area contributed by atoms with Crippen molar-refractivity contribution < 1.29 is 0 Å². The van der Waals surface area contributed by atoms with Crippen molar-refractivity contribution in [1.82, 2.24) is 4.90 Å². The van der Waals surface area contributed by atoms with Crippen LogP contribution in [0.2, 0.25) is 0 Å². The molecule has 0 spiro atoms. The third kappa shape index (κ3) is 6.16. The van der Waals surface area contributed by atoms with Gasteiger partial charge in [0.15, 0.2) is 0 Å². The monoisotopic (exact) mass is 212 g/mol. The van der Waals surface area contributed by atoms with Gasteiger partial charge in [-0.1, -0.05) is 20.8 Å². The third-order valence-corrected chi connectivity index (χ3v) is 3.02. The van der Waals surface area contributed by atoms with Crippen LogP contribution < -0.4 is 5.73 Å². The average molecular weight is 212 g/mol. The lowest BCUT2D eigenvalue weighted by Gasteiger charge is -2.26. The SMILES string of the molecule is CCCN(CC(N)CC(C)C)CC1CC1. The van der Waals surface area contributed by atoms with Crippen molar-refractivity contribution in [3.63, 3.8) is 0 Å². The highest BCUT2D eigenvalue weighted by atomic mass is 15.1. The highest BCUT2D eigenvalue weighted by Gasteiger charge is 2.24. The zero-order valence-corrected chi connectivity index (χ0v) is 10.7. The van der Waals surface area contributed by atoms with Crippen LogP contribution in [0.3, 0.4) is 0 Å². The van der Waals surface area contributed by atoms with E-state index in [0.29, 0.717) is 6.04 Å². The van der Waals surface area contributed by atoms with Gasteiger partial charge >= 0.3 is 0 Å². The molecule has 1 aliphatic carbocycles. The Bertz CT molecular complexity index is 164. The fourth-order valence-corrected chi connectivity index (χ4v) is 2.25. The van der Waals surface area contributed by atoms with E-state index in [-0.39, 0.29) is 0 Å². The first-order valence-corrected chi connectivity index (χ1v) is 6.59. The summed E-state index contributed by atoms with van der Waals surface area (Å²) in [5.41, 5.74) is 6.16. The van der Waals surface area contributed by atoms with Crippen molar-refractivity contribution in [3.05, 3.63) is 0 Å². The van der Waals surface area contributed by atoms with Gasteiger partial charge < -0.3 is 10.6 Å². The molecule has 0 aliphatic heterocycles. The summed E-state index contributed by atoms with van der Waals surface area (Å²) in [7, 11) is 0. The van der Waals surface area contributed by atoms with Crippen LogP contribution >= 0.6 is 0 Å². The predicted molar refractivity (Wildman–Crippen MR) is 66.9 cm³/mol. The second kappa shape index (κ2) is 6.49. The van der Waals surface area contributed by atoms with Gasteiger partial charge in [-0.05, 0) is 44.1 Å². The summed E-state index contributed by atoms with van der Waals surface area (Å²) in [4.78, 5) is 2.57. The minimum atomic E-state index is 0.371. The molecule has 0 heterocycles. The Hall–Kier alpha value is -0.0800. The van der Waals surface area contributed by atoms with Crippen LogP contribution in [-0.4, -0.2) is 30.6 Å². The topological polar surface area (TPSA) is 29.3 Å². The zero-order chi connectivity index (χ0) is 11.3. The molecule has 0 aromatic heterocycles. The maximum atomic E-state index is 6.16. The van der Waals surface area contributed by atoms with Gasteiger partial charge in [0, 0.05) is 19.1 Å². The Labute approximate surface area is 95.2 Å². The van der Waals surface area contributed by atoms with Crippen molar-refractivity contribution in [3.8, 4) is 0 Å². The van der Waals surface area contributed by atoms with Crippen LogP contribution in [0.4, 0.5) is 0 Å². The zero-order valence-electron chi connectivity index (χ0n) is 10.7. The molecule has 0 bridgehead atoms. The largest absolute Gasteiger partial charge is 0.327 e. The molecule has 0 radical (unpaired) electrons. The van der Waals surface area contributed by atoms with Crippen molar-refractivity contribution in [2.45, 2.75) is 52.5 Å². The molecule has 2 N–H and O–H groups in total. The lowest BCUT2D eigenvalue weighted by molar-refractivity contribution is 0.237. The van der Waals surface area contributed by atoms with E-state index in [1.54, 1.807) is 0 Å². The summed E-state index contributed by atoms with van der Waals surface area (Å²) >= 11 is 0. The van der Waals surface area contributed by atoms with Gasteiger partial charge in [-0.3, -0.25) is 0 Å². The second-order valence-corrected chi connectivity index (χ2v) is 5.59. The van der Waals surface area contributed by atoms with E-state index < -0.39 is 0 Å². The molecule has 1 rings (SSSR count). The van der Waals surface area contributed by atoms with Gasteiger partial charge in [-0.15, -0.1) is 0 Å². The highest BCUT2D eigenvalue weighted by molar-refractivity contribution is 4.79.